The molecular formula is C21H21BrN6O2. The van der Waals surface area contributed by atoms with Gasteiger partial charge in [0, 0.05) is 17.1 Å². The number of benzene rings is 1. The zero-order chi connectivity index (χ0) is 22.1. The topological polar surface area (TPSA) is 98.7 Å². The SMILES string of the molecule is [C-]#[N+]C1C(CN(C)C(=O)OC(C)(C)C)=Nc2[nH]ncc2C1c1cccc(C#N)c1Br. The lowest BCUT2D eigenvalue weighted by Crippen LogP contribution is -2.41. The van der Waals surface area contributed by atoms with Gasteiger partial charge in [-0.3, -0.25) is 5.10 Å². The van der Waals surface area contributed by atoms with E-state index in [0.29, 0.717) is 21.6 Å². The Kier molecular flexibility index (Phi) is 5.95. The largest absolute Gasteiger partial charge is 0.444 e. The van der Waals surface area contributed by atoms with Crippen LogP contribution in [0.1, 0.15) is 43.4 Å². The van der Waals surface area contributed by atoms with Crippen LogP contribution in [0.3, 0.4) is 0 Å². The number of aliphatic imine (C=N–C) groups is 1. The number of fused-ring (bicyclic) bond motifs is 1. The molecule has 30 heavy (non-hydrogen) atoms. The normalized spacial score (nSPS) is 17.9. The van der Waals surface area contributed by atoms with E-state index in [-0.39, 0.29) is 6.54 Å². The molecule has 0 radical (unpaired) electrons. The molecule has 2 heterocycles. The molecule has 3 rings (SSSR count). The molecule has 1 aromatic carbocycles. The molecule has 1 aliphatic rings. The Balaban J connectivity index is 2.01. The van der Waals surface area contributed by atoms with Crippen LogP contribution in [-0.4, -0.2) is 52.1 Å². The highest BCUT2D eigenvalue weighted by Crippen LogP contribution is 2.42. The van der Waals surface area contributed by atoms with Crippen LogP contribution < -0.4 is 0 Å². The molecule has 0 fully saturated rings. The zero-order valence-corrected chi connectivity index (χ0v) is 18.7. The quantitative estimate of drug-likeness (QED) is 0.673. The molecule has 2 atom stereocenters. The van der Waals surface area contributed by atoms with E-state index in [0.717, 1.165) is 11.1 Å². The monoisotopic (exact) mass is 468 g/mol. The summed E-state index contributed by atoms with van der Waals surface area (Å²) in [5, 5.41) is 16.4. The van der Waals surface area contributed by atoms with Crippen LogP contribution in [0.25, 0.3) is 4.85 Å². The summed E-state index contributed by atoms with van der Waals surface area (Å²) in [5.41, 5.74) is 1.95. The average molecular weight is 469 g/mol. The van der Waals surface area contributed by atoms with Crippen molar-refractivity contribution in [3.8, 4) is 6.07 Å². The summed E-state index contributed by atoms with van der Waals surface area (Å²) in [5.74, 6) is 0.153. The minimum atomic E-state index is -0.662. The summed E-state index contributed by atoms with van der Waals surface area (Å²) < 4.78 is 6.05. The molecule has 0 saturated carbocycles. The number of ether oxygens (including phenoxy) is 1. The first-order valence-corrected chi connectivity index (χ1v) is 10.1. The van der Waals surface area contributed by atoms with E-state index in [1.165, 1.54) is 4.90 Å². The van der Waals surface area contributed by atoms with E-state index < -0.39 is 23.7 Å². The molecule has 154 valence electrons. The van der Waals surface area contributed by atoms with Gasteiger partial charge in [-0.15, -0.1) is 0 Å². The number of hydrogen-bond donors (Lipinski definition) is 1. The van der Waals surface area contributed by atoms with Crippen LogP contribution in [0.4, 0.5) is 10.6 Å². The molecule has 9 heteroatoms. The van der Waals surface area contributed by atoms with Gasteiger partial charge in [0.05, 0.1) is 24.2 Å². The maximum atomic E-state index is 12.4. The molecule has 0 aliphatic carbocycles. The average Bonchev–Trinajstić information content (AvgIpc) is 3.14. The van der Waals surface area contributed by atoms with Gasteiger partial charge in [0.25, 0.3) is 6.04 Å². The van der Waals surface area contributed by atoms with E-state index in [1.54, 1.807) is 46.1 Å². The first-order chi connectivity index (χ1) is 14.2. The summed E-state index contributed by atoms with van der Waals surface area (Å²) in [4.78, 5) is 22.2. The Bertz CT molecular complexity index is 1090. The number of nitriles is 1. The smallest absolute Gasteiger partial charge is 0.410 e. The van der Waals surface area contributed by atoms with E-state index in [9.17, 15) is 10.1 Å². The zero-order valence-electron chi connectivity index (χ0n) is 17.1. The van der Waals surface area contributed by atoms with Crippen LogP contribution in [0, 0.1) is 17.9 Å². The lowest BCUT2D eigenvalue weighted by molar-refractivity contribution is 0.0323. The number of hydrogen-bond acceptors (Lipinski definition) is 5. The van der Waals surface area contributed by atoms with Crippen molar-refractivity contribution in [1.29, 1.82) is 5.26 Å². The molecular weight excluding hydrogens is 448 g/mol. The van der Waals surface area contributed by atoms with Crippen molar-refractivity contribution in [3.05, 3.63) is 57.0 Å². The predicted molar refractivity (Wildman–Crippen MR) is 116 cm³/mol. The fourth-order valence-corrected chi connectivity index (χ4v) is 3.92. The third kappa shape index (κ3) is 4.22. The maximum Gasteiger partial charge on any atom is 0.410 e. The fourth-order valence-electron chi connectivity index (χ4n) is 3.32. The van der Waals surface area contributed by atoms with E-state index in [2.05, 4.69) is 42.0 Å². The molecule has 2 aromatic rings. The van der Waals surface area contributed by atoms with Crippen LogP contribution in [0.15, 0.2) is 33.9 Å². The van der Waals surface area contributed by atoms with Crippen LogP contribution >= 0.6 is 15.9 Å². The fraction of sp³-hybridized carbons (Fsp3) is 0.381. The number of carbonyl (C=O) groups excluding carboxylic acids is 1. The Morgan fingerprint density at radius 1 is 1.43 bits per heavy atom. The number of nitrogens with zero attached hydrogens (tertiary/aromatic N) is 5. The lowest BCUT2D eigenvalue weighted by Gasteiger charge is -2.28. The molecule has 0 bridgehead atoms. The van der Waals surface area contributed by atoms with Crippen molar-refractivity contribution in [2.75, 3.05) is 13.6 Å². The van der Waals surface area contributed by atoms with Gasteiger partial charge in [0.15, 0.2) is 5.82 Å². The van der Waals surface area contributed by atoms with E-state index in [1.807, 2.05) is 6.07 Å². The van der Waals surface area contributed by atoms with Crippen LogP contribution in [-0.2, 0) is 4.74 Å². The van der Waals surface area contributed by atoms with Gasteiger partial charge in [0.1, 0.15) is 17.4 Å². The summed E-state index contributed by atoms with van der Waals surface area (Å²) in [6.45, 7) is 13.4. The Labute approximate surface area is 183 Å². The van der Waals surface area contributed by atoms with Crippen molar-refractivity contribution < 1.29 is 9.53 Å². The summed E-state index contributed by atoms with van der Waals surface area (Å²) in [7, 11) is 1.61. The Morgan fingerprint density at radius 3 is 2.80 bits per heavy atom. The van der Waals surface area contributed by atoms with E-state index in [4.69, 9.17) is 11.3 Å². The van der Waals surface area contributed by atoms with Gasteiger partial charge >= 0.3 is 6.09 Å². The number of aromatic amines is 1. The summed E-state index contributed by atoms with van der Waals surface area (Å²) in [6, 6.07) is 6.88. The first kappa shape index (κ1) is 21.5. The summed E-state index contributed by atoms with van der Waals surface area (Å²) in [6.07, 6.45) is 1.16. The van der Waals surface area contributed by atoms with Gasteiger partial charge < -0.3 is 14.5 Å². The third-order valence-corrected chi connectivity index (χ3v) is 5.51. The Morgan fingerprint density at radius 2 is 2.17 bits per heavy atom. The number of H-pyrrole nitrogens is 1. The minimum absolute atomic E-state index is 0.131. The molecule has 1 amide bonds. The van der Waals surface area contributed by atoms with Crippen LogP contribution in [0.5, 0.6) is 0 Å². The van der Waals surface area contributed by atoms with Crippen molar-refractivity contribution in [2.45, 2.75) is 38.3 Å². The first-order valence-electron chi connectivity index (χ1n) is 9.26. The van der Waals surface area contributed by atoms with E-state index >= 15 is 0 Å². The molecule has 1 aliphatic heterocycles. The van der Waals surface area contributed by atoms with Gasteiger partial charge in [-0.1, -0.05) is 12.1 Å². The number of nitrogens with one attached hydrogen (secondary N) is 1. The summed E-state index contributed by atoms with van der Waals surface area (Å²) >= 11 is 3.52. The number of amides is 1. The predicted octanol–water partition coefficient (Wildman–Crippen LogP) is 4.42. The second kappa shape index (κ2) is 8.29. The highest BCUT2D eigenvalue weighted by atomic mass is 79.9. The number of rotatable bonds is 3. The molecule has 0 saturated heterocycles. The molecule has 0 spiro atoms. The Hall–Kier alpha value is -3.17. The molecule has 1 aromatic heterocycles. The number of aromatic nitrogens is 2. The van der Waals surface area contributed by atoms with Crippen molar-refractivity contribution >= 4 is 33.6 Å². The molecule has 8 nitrogen and oxygen atoms in total. The van der Waals surface area contributed by atoms with Gasteiger partial charge in [-0.05, 0) is 48.3 Å². The molecule has 2 unspecified atom stereocenters. The van der Waals surface area contributed by atoms with Crippen LogP contribution in [0.2, 0.25) is 0 Å². The van der Waals surface area contributed by atoms with Gasteiger partial charge in [0.2, 0.25) is 0 Å². The maximum absolute atomic E-state index is 12.4. The van der Waals surface area contributed by atoms with Gasteiger partial charge in [-0.25, -0.2) is 16.4 Å². The van der Waals surface area contributed by atoms with Gasteiger partial charge in [-0.2, -0.15) is 10.4 Å². The standard InChI is InChI=1S/C21H21BrN6O2/c1-21(2,3)30-20(29)28(5)11-15-18(24-4)16(14-10-25-27-19(14)26-15)13-8-6-7-12(9-23)17(13)22/h6-8,10,16,18H,11H2,1-3,5H3,(H,25,27). The third-order valence-electron chi connectivity index (χ3n) is 4.62. The number of halogens is 1. The van der Waals surface area contributed by atoms with Crippen molar-refractivity contribution in [3.63, 3.8) is 0 Å². The second-order valence-corrected chi connectivity index (χ2v) is 8.78. The molecule has 1 N–H and O–H groups in total. The highest BCUT2D eigenvalue weighted by molar-refractivity contribution is 9.10. The van der Waals surface area contributed by atoms with Crippen molar-refractivity contribution in [1.82, 2.24) is 15.1 Å². The van der Waals surface area contributed by atoms with Crippen molar-refractivity contribution in [2.24, 2.45) is 4.99 Å². The lowest BCUT2D eigenvalue weighted by atomic mass is 9.81. The minimum Gasteiger partial charge on any atom is -0.444 e. The second-order valence-electron chi connectivity index (χ2n) is 7.99. The highest BCUT2D eigenvalue weighted by Gasteiger charge is 2.42. The number of carbonyl (C=O) groups is 1.